The Morgan fingerprint density at radius 2 is 0.684 bits per heavy atom. The number of para-hydroxylation sites is 2. The van der Waals surface area contributed by atoms with Gasteiger partial charge in [0, 0.05) is 79.2 Å². The van der Waals surface area contributed by atoms with Gasteiger partial charge in [-0.05, 0) is 187 Å². The molecule has 1 aromatic heterocycles. The third-order valence-corrected chi connectivity index (χ3v) is 22.9. The van der Waals surface area contributed by atoms with Crippen LogP contribution < -0.4 is 31.1 Å². The summed E-state index contributed by atoms with van der Waals surface area (Å²) in [5, 5.41) is 2.56. The molecule has 4 fully saturated rings. The van der Waals surface area contributed by atoms with Crippen LogP contribution in [0.4, 0.5) is 39.8 Å². The molecule has 13 aromatic rings. The second kappa shape index (κ2) is 22.7. The maximum Gasteiger partial charge on any atom is 0.252 e. The number of rotatable bonds is 9. The molecule has 0 amide bonds. The summed E-state index contributed by atoms with van der Waals surface area (Å²) in [4.78, 5) is 8.40. The lowest BCUT2D eigenvalue weighted by molar-refractivity contribution is 0.0900. The minimum absolute atomic E-state index is 0.0264. The Bertz CT molecular complexity index is 5060. The molecule has 6 aliphatic rings. The molecule has 5 heterocycles. The smallest absolute Gasteiger partial charge is 0.252 e. The molecule has 0 atom stereocenters. The number of hydrogen-bond donors (Lipinski definition) is 0. The minimum atomic E-state index is -0.165. The van der Waals surface area contributed by atoms with Gasteiger partial charge >= 0.3 is 0 Å². The maximum atomic E-state index is 2.91. The molecule has 480 valence electrons. The number of aromatic nitrogens is 1. The van der Waals surface area contributed by atoms with Crippen molar-refractivity contribution in [2.45, 2.75) is 123 Å². The minimum Gasteiger partial charge on any atom is -0.365 e. The SMILES string of the molecule is CC(C)(C)c1ccc(-c2cc3c4c(c2)N(c2c(-c5ccccc5)cccc2-c2ccccc2)c2cc(-n5c6ccc(C(C)(C)C)cc6c6cc(C(C)(C)C)ccc65)ccc2B4c2ccc(N4C5CC6CC(C5)CC4C6)cc2N3c2c(-c3ccccc3)cccc2-c2ccccc2)cc1. The van der Waals surface area contributed by atoms with Crippen LogP contribution in [0.25, 0.3) is 83.1 Å². The van der Waals surface area contributed by atoms with E-state index in [1.165, 1.54) is 166 Å². The van der Waals surface area contributed by atoms with Crippen molar-refractivity contribution in [1.82, 2.24) is 4.57 Å². The zero-order valence-electron chi connectivity index (χ0n) is 58.1. The molecule has 2 saturated carbocycles. The van der Waals surface area contributed by atoms with Gasteiger partial charge in [-0.2, -0.15) is 0 Å². The van der Waals surface area contributed by atoms with Crippen LogP contribution in [0, 0.1) is 11.8 Å². The zero-order chi connectivity index (χ0) is 66.5. The average molecular weight is 1270 g/mol. The lowest BCUT2D eigenvalue weighted by atomic mass is 9.33. The summed E-state index contributed by atoms with van der Waals surface area (Å²) >= 11 is 0. The molecule has 0 unspecified atom stereocenters. The van der Waals surface area contributed by atoms with E-state index in [0.717, 1.165) is 34.3 Å². The topological polar surface area (TPSA) is 14.7 Å². The fourth-order valence-corrected chi connectivity index (χ4v) is 18.2. The predicted octanol–water partition coefficient (Wildman–Crippen LogP) is 22.9. The predicted molar refractivity (Wildman–Crippen MR) is 418 cm³/mol. The van der Waals surface area contributed by atoms with Crippen LogP contribution in [-0.2, 0) is 16.2 Å². The average Bonchev–Trinajstić information content (AvgIpc) is 0.745. The molecule has 2 aliphatic carbocycles. The molecule has 4 nitrogen and oxygen atoms in total. The Morgan fingerprint density at radius 1 is 0.306 bits per heavy atom. The van der Waals surface area contributed by atoms with Gasteiger partial charge in [-0.15, -0.1) is 0 Å². The second-order valence-corrected chi connectivity index (χ2v) is 32.1. The van der Waals surface area contributed by atoms with E-state index in [9.17, 15) is 0 Å². The summed E-state index contributed by atoms with van der Waals surface area (Å²) in [7, 11) is 0. The second-order valence-electron chi connectivity index (χ2n) is 32.1. The molecular weight excluding hydrogens is 1180 g/mol. The number of anilines is 7. The van der Waals surface area contributed by atoms with Gasteiger partial charge in [-0.3, -0.25) is 0 Å². The van der Waals surface area contributed by atoms with E-state index < -0.39 is 0 Å². The van der Waals surface area contributed by atoms with Crippen molar-refractivity contribution in [3.05, 3.63) is 284 Å². The molecule has 0 radical (unpaired) electrons. The highest BCUT2D eigenvalue weighted by atomic mass is 15.2. The maximum absolute atomic E-state index is 2.91. The van der Waals surface area contributed by atoms with Crippen molar-refractivity contribution in [2.75, 3.05) is 14.7 Å². The number of fused-ring (bicyclic) bond motifs is 7. The van der Waals surface area contributed by atoms with Gasteiger partial charge in [0.15, 0.2) is 0 Å². The normalized spacial score (nSPS) is 17.8. The largest absolute Gasteiger partial charge is 0.365 e. The molecule has 19 rings (SSSR count). The van der Waals surface area contributed by atoms with E-state index in [-0.39, 0.29) is 23.0 Å². The van der Waals surface area contributed by atoms with E-state index in [0.29, 0.717) is 12.1 Å². The molecule has 4 aliphatic heterocycles. The summed E-state index contributed by atoms with van der Waals surface area (Å²) in [6.07, 6.45) is 6.57. The fraction of sp³-hybridized carbons (Fsp3) is 0.226. The first-order chi connectivity index (χ1) is 47.5. The van der Waals surface area contributed by atoms with Crippen LogP contribution in [0.15, 0.2) is 267 Å². The number of piperidine rings is 2. The molecule has 98 heavy (non-hydrogen) atoms. The molecule has 0 N–H and O–H groups in total. The Balaban J connectivity index is 0.996. The first-order valence-corrected chi connectivity index (χ1v) is 36.0. The van der Waals surface area contributed by atoms with Gasteiger partial charge in [0.1, 0.15) is 0 Å². The summed E-state index contributed by atoms with van der Waals surface area (Å²) in [6.45, 7) is 20.9. The monoisotopic (exact) mass is 1270 g/mol. The van der Waals surface area contributed by atoms with E-state index in [4.69, 9.17) is 0 Å². The highest BCUT2D eigenvalue weighted by Crippen LogP contribution is 2.56. The molecule has 4 bridgehead atoms. The van der Waals surface area contributed by atoms with Gasteiger partial charge < -0.3 is 19.3 Å². The van der Waals surface area contributed by atoms with E-state index in [1.807, 2.05) is 0 Å². The Kier molecular flexibility index (Phi) is 14.0. The quantitative estimate of drug-likeness (QED) is 0.134. The van der Waals surface area contributed by atoms with Crippen molar-refractivity contribution in [1.29, 1.82) is 0 Å². The van der Waals surface area contributed by atoms with Crippen LogP contribution in [0.2, 0.25) is 0 Å². The summed E-state index contributed by atoms with van der Waals surface area (Å²) in [6, 6.07) is 104. The highest BCUT2D eigenvalue weighted by molar-refractivity contribution is 7.00. The standard InChI is InChI=1S/C93H85BN4/c1-91(2,3)67-38-36-61(37-39-67)66-53-86-88-87(54-66)98(90-76(64-28-18-12-19-29-64)34-23-35-77(90)65-30-20-13-21-31-65)85-58-71(96-82-46-40-68(92(4,5)6)55-78(82)79-56-69(93(7,8)9)41-47-83(79)96)43-45-81(85)94(88)80-44-42-70(95-72-49-59-48-60(51-72)52-73(95)50-59)57-84(80)97(86)89-74(62-24-14-10-15-25-62)32-22-33-75(89)63-26-16-11-17-27-63/h10-47,53-60,72-73H,48-52H2,1-9H3. The third kappa shape index (κ3) is 9.92. The van der Waals surface area contributed by atoms with Crippen molar-refractivity contribution in [3.63, 3.8) is 0 Å². The molecule has 0 spiro atoms. The third-order valence-electron chi connectivity index (χ3n) is 22.9. The summed E-state index contributed by atoms with van der Waals surface area (Å²) in [5.41, 5.74) is 31.5. The number of benzene rings is 12. The Labute approximate surface area is 580 Å². The fourth-order valence-electron chi connectivity index (χ4n) is 18.2. The van der Waals surface area contributed by atoms with Gasteiger partial charge in [-0.25, -0.2) is 0 Å². The van der Waals surface area contributed by atoms with E-state index in [1.54, 1.807) is 0 Å². The van der Waals surface area contributed by atoms with E-state index in [2.05, 4.69) is 349 Å². The van der Waals surface area contributed by atoms with Crippen LogP contribution in [0.1, 0.15) is 111 Å². The molecule has 2 saturated heterocycles. The van der Waals surface area contributed by atoms with Crippen LogP contribution in [-0.4, -0.2) is 23.4 Å². The van der Waals surface area contributed by atoms with Crippen LogP contribution >= 0.6 is 0 Å². The van der Waals surface area contributed by atoms with Crippen molar-refractivity contribution >= 4 is 84.7 Å². The first kappa shape index (κ1) is 60.3. The Hall–Kier alpha value is -10.1. The van der Waals surface area contributed by atoms with Gasteiger partial charge in [0.05, 0.1) is 22.4 Å². The highest BCUT2D eigenvalue weighted by Gasteiger charge is 2.49. The lowest BCUT2D eigenvalue weighted by Crippen LogP contribution is -2.62. The molecule has 12 aromatic carbocycles. The molecular formula is C93H85BN4. The van der Waals surface area contributed by atoms with Crippen molar-refractivity contribution < 1.29 is 0 Å². The number of nitrogens with zero attached hydrogens (tertiary/aromatic N) is 4. The van der Waals surface area contributed by atoms with E-state index >= 15 is 0 Å². The van der Waals surface area contributed by atoms with Crippen molar-refractivity contribution in [2.24, 2.45) is 11.8 Å². The molecule has 5 heteroatoms. The lowest BCUT2D eigenvalue weighted by Gasteiger charge is -2.57. The first-order valence-electron chi connectivity index (χ1n) is 36.0. The van der Waals surface area contributed by atoms with Crippen LogP contribution in [0.3, 0.4) is 0 Å². The van der Waals surface area contributed by atoms with Gasteiger partial charge in [0.2, 0.25) is 0 Å². The van der Waals surface area contributed by atoms with Gasteiger partial charge in [0.25, 0.3) is 6.71 Å². The number of hydrogen-bond acceptors (Lipinski definition) is 3. The van der Waals surface area contributed by atoms with Gasteiger partial charge in [-0.1, -0.05) is 269 Å². The zero-order valence-corrected chi connectivity index (χ0v) is 58.1. The van der Waals surface area contributed by atoms with Crippen molar-refractivity contribution in [3.8, 4) is 61.3 Å². The Morgan fingerprint density at radius 3 is 1.08 bits per heavy atom. The summed E-state index contributed by atoms with van der Waals surface area (Å²) in [5.74, 6) is 1.67. The van der Waals surface area contributed by atoms with Crippen LogP contribution in [0.5, 0.6) is 0 Å². The summed E-state index contributed by atoms with van der Waals surface area (Å²) < 4.78 is 2.57.